The number of pyridine rings is 4. The highest BCUT2D eigenvalue weighted by molar-refractivity contribution is 5.97. The van der Waals surface area contributed by atoms with Crippen LogP contribution in [0.15, 0.2) is 61.4 Å². The van der Waals surface area contributed by atoms with Gasteiger partial charge in [0.2, 0.25) is 5.91 Å². The molecule has 11 heteroatoms. The van der Waals surface area contributed by atoms with Crippen LogP contribution < -0.4 is 5.32 Å². The zero-order valence-corrected chi connectivity index (χ0v) is 19.2. The first-order valence-corrected chi connectivity index (χ1v) is 11.7. The van der Waals surface area contributed by atoms with E-state index in [4.69, 9.17) is 4.98 Å². The van der Waals surface area contributed by atoms with Crippen molar-refractivity contribution in [1.29, 1.82) is 0 Å². The molecule has 0 aliphatic heterocycles. The van der Waals surface area contributed by atoms with Gasteiger partial charge in [0.25, 0.3) is 0 Å². The molecule has 7 rings (SSSR count). The zero-order valence-electron chi connectivity index (χ0n) is 19.2. The van der Waals surface area contributed by atoms with Crippen LogP contribution in [0.5, 0.6) is 0 Å². The molecule has 10 nitrogen and oxygen atoms in total. The quantitative estimate of drug-likeness (QED) is 0.323. The van der Waals surface area contributed by atoms with Gasteiger partial charge in [0.15, 0.2) is 17.1 Å². The fraction of sp³-hybridized carbons (Fsp3) is 0.115. The zero-order chi connectivity index (χ0) is 24.9. The molecule has 0 aromatic carbocycles. The summed E-state index contributed by atoms with van der Waals surface area (Å²) in [7, 11) is 0. The number of aromatic amines is 2. The van der Waals surface area contributed by atoms with Crippen molar-refractivity contribution in [3.8, 4) is 33.8 Å². The SMILES string of the molecule is O=C(Nc1cncc(-c2cnc3[nH]nc(-c4nc5c(-c6cccnc6)ccnc5[nH]4)c3c2F)c1)C1CC1. The number of halogens is 1. The van der Waals surface area contributed by atoms with E-state index < -0.39 is 5.82 Å². The Hall–Kier alpha value is -5.06. The van der Waals surface area contributed by atoms with Crippen LogP contribution in [0.2, 0.25) is 0 Å². The lowest BCUT2D eigenvalue weighted by molar-refractivity contribution is -0.117. The Morgan fingerprint density at radius 2 is 1.86 bits per heavy atom. The molecule has 0 saturated heterocycles. The molecule has 1 aliphatic carbocycles. The molecule has 6 aromatic rings. The van der Waals surface area contributed by atoms with Gasteiger partial charge in [-0.1, -0.05) is 6.07 Å². The van der Waals surface area contributed by atoms with E-state index in [0.29, 0.717) is 28.2 Å². The first-order chi connectivity index (χ1) is 18.2. The molecule has 1 amide bonds. The summed E-state index contributed by atoms with van der Waals surface area (Å²) < 4.78 is 16.0. The van der Waals surface area contributed by atoms with Crippen molar-refractivity contribution in [3.63, 3.8) is 0 Å². The third kappa shape index (κ3) is 3.68. The first kappa shape index (κ1) is 21.2. The van der Waals surface area contributed by atoms with Crippen molar-refractivity contribution in [2.45, 2.75) is 12.8 Å². The Kier molecular flexibility index (Phi) is 4.74. The van der Waals surface area contributed by atoms with E-state index in [1.54, 1.807) is 24.7 Å². The van der Waals surface area contributed by atoms with E-state index in [1.807, 2.05) is 18.2 Å². The van der Waals surface area contributed by atoms with Crippen molar-refractivity contribution in [1.82, 2.24) is 40.1 Å². The van der Waals surface area contributed by atoms with Crippen molar-refractivity contribution >= 4 is 33.8 Å². The average molecular weight is 491 g/mol. The highest BCUT2D eigenvalue weighted by atomic mass is 19.1. The first-order valence-electron chi connectivity index (χ1n) is 11.7. The van der Waals surface area contributed by atoms with Crippen LogP contribution in [-0.2, 0) is 4.79 Å². The van der Waals surface area contributed by atoms with E-state index in [1.165, 1.54) is 18.6 Å². The smallest absolute Gasteiger partial charge is 0.227 e. The molecule has 6 aromatic heterocycles. The molecule has 180 valence electrons. The molecular weight excluding hydrogens is 473 g/mol. The molecule has 0 radical (unpaired) electrons. The van der Waals surface area contributed by atoms with Gasteiger partial charge in [0.1, 0.15) is 17.0 Å². The van der Waals surface area contributed by atoms with Crippen molar-refractivity contribution in [2.75, 3.05) is 5.32 Å². The number of nitrogens with zero attached hydrogens (tertiary/aromatic N) is 6. The van der Waals surface area contributed by atoms with Crippen LogP contribution in [0.4, 0.5) is 10.1 Å². The van der Waals surface area contributed by atoms with Gasteiger partial charge in [-0.15, -0.1) is 0 Å². The van der Waals surface area contributed by atoms with Gasteiger partial charge >= 0.3 is 0 Å². The Bertz CT molecular complexity index is 1810. The Morgan fingerprint density at radius 3 is 2.70 bits per heavy atom. The normalized spacial score (nSPS) is 13.3. The molecule has 3 N–H and O–H groups in total. The molecular formula is C26H18FN9O. The minimum atomic E-state index is -0.526. The Morgan fingerprint density at radius 1 is 0.973 bits per heavy atom. The van der Waals surface area contributed by atoms with Crippen LogP contribution in [0.1, 0.15) is 12.8 Å². The van der Waals surface area contributed by atoms with E-state index in [0.717, 1.165) is 24.0 Å². The van der Waals surface area contributed by atoms with Crippen LogP contribution in [-0.4, -0.2) is 46.0 Å². The third-order valence-electron chi connectivity index (χ3n) is 6.37. The number of fused-ring (bicyclic) bond motifs is 2. The van der Waals surface area contributed by atoms with Gasteiger partial charge in [0.05, 0.1) is 17.3 Å². The highest BCUT2D eigenvalue weighted by Crippen LogP contribution is 2.35. The minimum absolute atomic E-state index is 0.0452. The second kappa shape index (κ2) is 8.26. The number of rotatable bonds is 5. The van der Waals surface area contributed by atoms with E-state index in [2.05, 4.69) is 40.4 Å². The minimum Gasteiger partial charge on any atom is -0.324 e. The summed E-state index contributed by atoms with van der Waals surface area (Å²) in [5.74, 6) is -0.174. The third-order valence-corrected chi connectivity index (χ3v) is 6.37. The number of imidazole rings is 1. The molecule has 1 aliphatic rings. The molecule has 1 fully saturated rings. The summed E-state index contributed by atoms with van der Waals surface area (Å²) in [6.45, 7) is 0. The standard InChI is InChI=1S/C26H18FN9O/c27-20-18(15-8-16(11-29-10-15)32-26(37)13-3-4-13)12-31-23-19(20)22(35-36-23)25-33-21-17(5-7-30-24(21)34-25)14-2-1-6-28-9-14/h1-2,5-13H,3-4H2,(H,32,37)(H,30,33,34)(H,31,35,36). The molecule has 0 unspecified atom stereocenters. The largest absolute Gasteiger partial charge is 0.324 e. The number of aromatic nitrogens is 8. The number of amides is 1. The number of H-pyrrole nitrogens is 2. The molecule has 0 spiro atoms. The van der Waals surface area contributed by atoms with E-state index >= 15 is 4.39 Å². The topological polar surface area (TPSA) is 138 Å². The lowest BCUT2D eigenvalue weighted by Crippen LogP contribution is -2.13. The molecule has 6 heterocycles. The van der Waals surface area contributed by atoms with Gasteiger partial charge in [0, 0.05) is 59.2 Å². The summed E-state index contributed by atoms with van der Waals surface area (Å²) in [6, 6.07) is 7.32. The van der Waals surface area contributed by atoms with Crippen molar-refractivity contribution in [3.05, 3.63) is 67.3 Å². The van der Waals surface area contributed by atoms with Gasteiger partial charge in [-0.25, -0.2) is 19.3 Å². The Balaban J connectivity index is 1.32. The maximum absolute atomic E-state index is 16.0. The van der Waals surface area contributed by atoms with Crippen molar-refractivity contribution in [2.24, 2.45) is 5.92 Å². The molecule has 1 saturated carbocycles. The van der Waals surface area contributed by atoms with E-state index in [-0.39, 0.29) is 34.1 Å². The predicted molar refractivity (Wildman–Crippen MR) is 135 cm³/mol. The predicted octanol–water partition coefficient (Wildman–Crippen LogP) is 4.51. The second-order valence-electron chi connectivity index (χ2n) is 8.89. The van der Waals surface area contributed by atoms with Gasteiger partial charge in [-0.3, -0.25) is 19.9 Å². The number of carbonyl (C=O) groups is 1. The summed E-state index contributed by atoms with van der Waals surface area (Å²) in [5, 5.41) is 10.1. The number of hydrogen-bond donors (Lipinski definition) is 3. The maximum Gasteiger partial charge on any atom is 0.227 e. The monoisotopic (exact) mass is 491 g/mol. The Labute approximate surface area is 208 Å². The molecule has 0 bridgehead atoms. The number of nitrogens with one attached hydrogen (secondary N) is 3. The van der Waals surface area contributed by atoms with Crippen LogP contribution in [0.25, 0.3) is 56.0 Å². The number of hydrogen-bond acceptors (Lipinski definition) is 7. The highest BCUT2D eigenvalue weighted by Gasteiger charge is 2.29. The molecule has 0 atom stereocenters. The lowest BCUT2D eigenvalue weighted by atomic mass is 10.1. The van der Waals surface area contributed by atoms with Gasteiger partial charge in [-0.2, -0.15) is 5.10 Å². The summed E-state index contributed by atoms with van der Waals surface area (Å²) in [5.41, 5.74) is 4.68. The maximum atomic E-state index is 16.0. The van der Waals surface area contributed by atoms with Gasteiger partial charge < -0.3 is 10.3 Å². The summed E-state index contributed by atoms with van der Waals surface area (Å²) in [6.07, 6.45) is 11.4. The lowest BCUT2D eigenvalue weighted by Gasteiger charge is -2.08. The average Bonchev–Trinajstić information content (AvgIpc) is 3.54. The van der Waals surface area contributed by atoms with Crippen LogP contribution in [0, 0.1) is 11.7 Å². The molecule has 37 heavy (non-hydrogen) atoms. The summed E-state index contributed by atoms with van der Waals surface area (Å²) >= 11 is 0. The number of carbonyl (C=O) groups excluding carboxylic acids is 1. The number of anilines is 1. The van der Waals surface area contributed by atoms with E-state index in [9.17, 15) is 4.79 Å². The van der Waals surface area contributed by atoms with Crippen LogP contribution >= 0.6 is 0 Å². The van der Waals surface area contributed by atoms with Gasteiger partial charge in [-0.05, 0) is 31.0 Å². The second-order valence-corrected chi connectivity index (χ2v) is 8.89. The summed E-state index contributed by atoms with van der Waals surface area (Å²) in [4.78, 5) is 37.2. The fourth-order valence-electron chi connectivity index (χ4n) is 4.35. The van der Waals surface area contributed by atoms with Crippen LogP contribution in [0.3, 0.4) is 0 Å². The van der Waals surface area contributed by atoms with Crippen molar-refractivity contribution < 1.29 is 9.18 Å². The fourth-order valence-corrected chi connectivity index (χ4v) is 4.35.